The van der Waals surface area contributed by atoms with Crippen molar-refractivity contribution in [3.63, 3.8) is 0 Å². The number of carbonyl (C=O) groups excluding carboxylic acids is 2. The molecular formula is C19H21N3O2. The van der Waals surface area contributed by atoms with Crippen molar-refractivity contribution >= 4 is 23.3 Å². The van der Waals surface area contributed by atoms with E-state index in [0.29, 0.717) is 17.8 Å². The summed E-state index contributed by atoms with van der Waals surface area (Å²) in [6.45, 7) is 0.708. The molecule has 2 N–H and O–H groups in total. The average molecular weight is 323 g/mol. The lowest BCUT2D eigenvalue weighted by Crippen LogP contribution is -2.35. The number of rotatable bonds is 2. The van der Waals surface area contributed by atoms with E-state index in [1.807, 2.05) is 18.2 Å². The van der Waals surface area contributed by atoms with E-state index in [0.717, 1.165) is 24.9 Å². The van der Waals surface area contributed by atoms with Crippen LogP contribution in [0.4, 0.5) is 16.2 Å². The van der Waals surface area contributed by atoms with Gasteiger partial charge in [-0.05, 0) is 55.2 Å². The van der Waals surface area contributed by atoms with Gasteiger partial charge in [-0.3, -0.25) is 9.69 Å². The zero-order valence-electron chi connectivity index (χ0n) is 13.7. The summed E-state index contributed by atoms with van der Waals surface area (Å²) in [6.07, 6.45) is 3.07. The SMILES string of the molecule is CNC(=O)c1ccc(NC(=O)N2CCCCc3ccccc32)cc1. The van der Waals surface area contributed by atoms with Crippen LogP contribution >= 0.6 is 0 Å². The minimum absolute atomic E-state index is 0.142. The standard InChI is InChI=1S/C19H21N3O2/c1-20-18(23)15-9-11-16(12-10-15)21-19(24)22-13-5-4-7-14-6-2-3-8-17(14)22/h2-3,6,8-12H,4-5,7,13H2,1H3,(H,20,23)(H,21,24). The summed E-state index contributed by atoms with van der Waals surface area (Å²) in [7, 11) is 1.59. The molecule has 3 amide bonds. The van der Waals surface area contributed by atoms with Gasteiger partial charge >= 0.3 is 6.03 Å². The van der Waals surface area contributed by atoms with E-state index >= 15 is 0 Å². The van der Waals surface area contributed by atoms with Gasteiger partial charge in [-0.2, -0.15) is 0 Å². The minimum atomic E-state index is -0.144. The Labute approximate surface area is 141 Å². The van der Waals surface area contributed by atoms with Crippen molar-refractivity contribution in [1.29, 1.82) is 0 Å². The summed E-state index contributed by atoms with van der Waals surface area (Å²) in [5.41, 5.74) is 3.43. The van der Waals surface area contributed by atoms with Crippen LogP contribution in [0.2, 0.25) is 0 Å². The lowest BCUT2D eigenvalue weighted by Gasteiger charge is -2.23. The number of benzene rings is 2. The fraction of sp³-hybridized carbons (Fsp3) is 0.263. The Kier molecular flexibility index (Phi) is 4.79. The van der Waals surface area contributed by atoms with Crippen LogP contribution in [0.3, 0.4) is 0 Å². The van der Waals surface area contributed by atoms with Gasteiger partial charge in [0.2, 0.25) is 0 Å². The van der Waals surface area contributed by atoms with E-state index in [-0.39, 0.29) is 11.9 Å². The molecule has 0 atom stereocenters. The second-order valence-corrected chi connectivity index (χ2v) is 5.82. The number of nitrogens with one attached hydrogen (secondary N) is 2. The van der Waals surface area contributed by atoms with Gasteiger partial charge in [-0.15, -0.1) is 0 Å². The Morgan fingerprint density at radius 2 is 1.75 bits per heavy atom. The Morgan fingerprint density at radius 3 is 2.50 bits per heavy atom. The predicted molar refractivity (Wildman–Crippen MR) is 95.6 cm³/mol. The van der Waals surface area contributed by atoms with Gasteiger partial charge in [0, 0.05) is 30.5 Å². The third-order valence-corrected chi connectivity index (χ3v) is 4.23. The number of fused-ring (bicyclic) bond motifs is 1. The van der Waals surface area contributed by atoms with Gasteiger partial charge in [0.25, 0.3) is 5.91 Å². The summed E-state index contributed by atoms with van der Waals surface area (Å²) in [5, 5.41) is 5.50. The highest BCUT2D eigenvalue weighted by molar-refractivity contribution is 6.02. The van der Waals surface area contributed by atoms with Gasteiger partial charge in [0.1, 0.15) is 0 Å². The van der Waals surface area contributed by atoms with Crippen molar-refractivity contribution in [3.8, 4) is 0 Å². The molecule has 2 aromatic carbocycles. The molecular weight excluding hydrogens is 302 g/mol. The lowest BCUT2D eigenvalue weighted by atomic mass is 10.1. The van der Waals surface area contributed by atoms with Gasteiger partial charge in [0.05, 0.1) is 0 Å². The third kappa shape index (κ3) is 3.40. The van der Waals surface area contributed by atoms with Gasteiger partial charge < -0.3 is 10.6 Å². The number of nitrogens with zero attached hydrogens (tertiary/aromatic N) is 1. The maximum absolute atomic E-state index is 12.7. The smallest absolute Gasteiger partial charge is 0.326 e. The summed E-state index contributed by atoms with van der Waals surface area (Å²) in [6, 6.07) is 14.8. The molecule has 0 saturated heterocycles. The quantitative estimate of drug-likeness (QED) is 0.889. The second kappa shape index (κ2) is 7.17. The topological polar surface area (TPSA) is 61.4 Å². The molecule has 0 spiro atoms. The van der Waals surface area contributed by atoms with E-state index in [2.05, 4.69) is 16.7 Å². The summed E-state index contributed by atoms with van der Waals surface area (Å²) in [4.78, 5) is 26.1. The molecule has 1 heterocycles. The molecule has 0 saturated carbocycles. The van der Waals surface area contributed by atoms with Crippen LogP contribution in [0, 0.1) is 0 Å². The molecule has 0 unspecified atom stereocenters. The molecule has 5 heteroatoms. The average Bonchev–Trinajstić information content (AvgIpc) is 2.84. The second-order valence-electron chi connectivity index (χ2n) is 5.82. The van der Waals surface area contributed by atoms with Gasteiger partial charge in [-0.25, -0.2) is 4.79 Å². The van der Waals surface area contributed by atoms with Crippen LogP contribution in [0.25, 0.3) is 0 Å². The molecule has 0 bridgehead atoms. The van der Waals surface area contributed by atoms with Crippen LogP contribution in [-0.4, -0.2) is 25.5 Å². The number of amides is 3. The number of urea groups is 1. The molecule has 0 aliphatic carbocycles. The van der Waals surface area contributed by atoms with Crippen molar-refractivity contribution in [1.82, 2.24) is 5.32 Å². The molecule has 0 fully saturated rings. The molecule has 0 radical (unpaired) electrons. The van der Waals surface area contributed by atoms with Crippen molar-refractivity contribution in [2.24, 2.45) is 0 Å². The molecule has 5 nitrogen and oxygen atoms in total. The Hall–Kier alpha value is -2.82. The molecule has 2 aromatic rings. The predicted octanol–water partition coefficient (Wildman–Crippen LogP) is 3.42. The van der Waals surface area contributed by atoms with E-state index in [9.17, 15) is 9.59 Å². The molecule has 0 aromatic heterocycles. The van der Waals surface area contributed by atoms with Gasteiger partial charge in [-0.1, -0.05) is 18.2 Å². The highest BCUT2D eigenvalue weighted by Crippen LogP contribution is 2.26. The molecule has 3 rings (SSSR count). The number of hydrogen-bond acceptors (Lipinski definition) is 2. The highest BCUT2D eigenvalue weighted by Gasteiger charge is 2.20. The van der Waals surface area contributed by atoms with Crippen LogP contribution in [0.1, 0.15) is 28.8 Å². The normalized spacial score (nSPS) is 13.6. The number of hydrogen-bond donors (Lipinski definition) is 2. The number of para-hydroxylation sites is 1. The summed E-state index contributed by atoms with van der Waals surface area (Å²) >= 11 is 0. The Morgan fingerprint density at radius 1 is 1.00 bits per heavy atom. The maximum Gasteiger partial charge on any atom is 0.326 e. The number of anilines is 2. The summed E-state index contributed by atoms with van der Waals surface area (Å²) < 4.78 is 0. The van der Waals surface area contributed by atoms with Crippen LogP contribution in [-0.2, 0) is 6.42 Å². The van der Waals surface area contributed by atoms with Crippen molar-refractivity contribution in [3.05, 3.63) is 59.7 Å². The third-order valence-electron chi connectivity index (χ3n) is 4.23. The van der Waals surface area contributed by atoms with Gasteiger partial charge in [0.15, 0.2) is 0 Å². The maximum atomic E-state index is 12.7. The number of carbonyl (C=O) groups is 2. The van der Waals surface area contributed by atoms with E-state index in [1.165, 1.54) is 5.56 Å². The van der Waals surface area contributed by atoms with E-state index < -0.39 is 0 Å². The molecule has 1 aliphatic rings. The molecule has 24 heavy (non-hydrogen) atoms. The Balaban J connectivity index is 1.76. The highest BCUT2D eigenvalue weighted by atomic mass is 16.2. The number of aryl methyl sites for hydroxylation is 1. The van der Waals surface area contributed by atoms with E-state index in [1.54, 1.807) is 36.2 Å². The molecule has 1 aliphatic heterocycles. The van der Waals surface area contributed by atoms with Crippen molar-refractivity contribution in [2.75, 3.05) is 23.8 Å². The first-order valence-electron chi connectivity index (χ1n) is 8.17. The van der Waals surface area contributed by atoms with E-state index in [4.69, 9.17) is 0 Å². The molecule has 124 valence electrons. The zero-order valence-corrected chi connectivity index (χ0v) is 13.7. The first kappa shape index (κ1) is 16.1. The fourth-order valence-corrected chi connectivity index (χ4v) is 2.94. The van der Waals surface area contributed by atoms with Crippen molar-refractivity contribution in [2.45, 2.75) is 19.3 Å². The largest absolute Gasteiger partial charge is 0.355 e. The minimum Gasteiger partial charge on any atom is -0.355 e. The van der Waals surface area contributed by atoms with Crippen LogP contribution < -0.4 is 15.5 Å². The summed E-state index contributed by atoms with van der Waals surface area (Å²) in [5.74, 6) is -0.144. The monoisotopic (exact) mass is 323 g/mol. The zero-order chi connectivity index (χ0) is 16.9. The van der Waals surface area contributed by atoms with Crippen molar-refractivity contribution < 1.29 is 9.59 Å². The van der Waals surface area contributed by atoms with Crippen LogP contribution in [0.5, 0.6) is 0 Å². The fourth-order valence-electron chi connectivity index (χ4n) is 2.94. The first-order chi connectivity index (χ1) is 11.7. The van der Waals surface area contributed by atoms with Crippen LogP contribution in [0.15, 0.2) is 48.5 Å². The first-order valence-corrected chi connectivity index (χ1v) is 8.17. The lowest BCUT2D eigenvalue weighted by molar-refractivity contribution is 0.0963. The Bertz CT molecular complexity index is 741.